The normalized spacial score (nSPS) is 9.50. The largest absolute Gasteiger partial charge is 0.379 e. The van der Waals surface area contributed by atoms with Gasteiger partial charge in [-0.05, 0) is 0 Å². The predicted octanol–water partition coefficient (Wildman–Crippen LogP) is -1.88. The Labute approximate surface area is 55.5 Å². The highest BCUT2D eigenvalue weighted by atomic mass is 31.2. The third kappa shape index (κ3) is 54.5. The Balaban J connectivity index is 0. The molecule has 0 amide bonds. The number of hydrogen-bond acceptors (Lipinski definition) is 4. The highest BCUT2D eigenvalue weighted by Gasteiger charge is 2.09. The van der Waals surface area contributed by atoms with Gasteiger partial charge in [0.25, 0.3) is 0 Å². The maximum absolute atomic E-state index is 9.63. The summed E-state index contributed by atoms with van der Waals surface area (Å²) in [6, 6.07) is 0. The molecule has 0 bridgehead atoms. The molecule has 0 aromatic rings. The summed E-state index contributed by atoms with van der Waals surface area (Å²) in [5.41, 5.74) is 2.99. The highest BCUT2D eigenvalue weighted by molar-refractivity contribution is 7.51. The van der Waals surface area contributed by atoms with Crippen LogP contribution < -0.4 is 5.73 Å². The molecule has 0 aliphatic carbocycles. The van der Waals surface area contributed by atoms with Crippen LogP contribution in [-0.2, 0) is 4.57 Å². The minimum atomic E-state index is -3.76. The first-order valence-corrected chi connectivity index (χ1v) is 3.74. The van der Waals surface area contributed by atoms with Gasteiger partial charge < -0.3 is 30.8 Å². The van der Waals surface area contributed by atoms with Crippen LogP contribution >= 0.6 is 7.60 Å². The summed E-state index contributed by atoms with van der Waals surface area (Å²) in [5.74, 6) is 0. The van der Waals surface area contributed by atoms with Crippen LogP contribution in [0.5, 0.6) is 0 Å². The van der Waals surface area contributed by atoms with Crippen molar-refractivity contribution >= 4 is 7.60 Å². The Kier molecular flexibility index (Phi) is 6.16. The lowest BCUT2D eigenvalue weighted by molar-refractivity contribution is -0.402. The molecule has 0 fully saturated rings. The fraction of sp³-hybridized carbons (Fsp3) is 1.00. The van der Waals surface area contributed by atoms with Gasteiger partial charge in [0.05, 0.1) is 5.09 Å². The van der Waals surface area contributed by atoms with Crippen LogP contribution in [-0.4, -0.2) is 21.2 Å². The monoisotopic (exact) mass is 174 g/mol. The van der Waals surface area contributed by atoms with Crippen LogP contribution in [0.15, 0.2) is 0 Å². The molecular weight excluding hydrogens is 167 g/mol. The Morgan fingerprint density at radius 2 is 1.60 bits per heavy atom. The molecule has 5 N–H and O–H groups in total. The fourth-order valence-electron chi connectivity index (χ4n) is 0. The Bertz CT molecular complexity index is 135. The molecule has 0 spiro atoms. The smallest absolute Gasteiger partial charge is 0.356 e. The van der Waals surface area contributed by atoms with Crippen molar-refractivity contribution in [3.05, 3.63) is 15.3 Å². The van der Waals surface area contributed by atoms with Gasteiger partial charge in [0, 0.05) is 0 Å². The summed E-state index contributed by atoms with van der Waals surface area (Å²) >= 11 is 0. The molecule has 0 aliphatic heterocycles. The molecule has 10 heavy (non-hydrogen) atoms. The van der Waals surface area contributed by atoms with Crippen molar-refractivity contribution in [2.24, 2.45) is 0 Å². The molecule has 0 aliphatic rings. The van der Waals surface area contributed by atoms with Gasteiger partial charge in [-0.15, -0.1) is 0 Å². The Morgan fingerprint density at radius 3 is 1.60 bits per heavy atom. The van der Waals surface area contributed by atoms with E-state index in [0.717, 1.165) is 0 Å². The van der Waals surface area contributed by atoms with Crippen molar-refractivity contribution in [1.29, 1.82) is 0 Å². The molecule has 0 saturated carbocycles. The van der Waals surface area contributed by atoms with Gasteiger partial charge in [-0.1, -0.05) is 0 Å². The second-order valence-corrected chi connectivity index (χ2v) is 2.89. The summed E-state index contributed by atoms with van der Waals surface area (Å²) in [4.78, 5) is 24.0. The third-order valence-electron chi connectivity index (χ3n) is 0.291. The van der Waals surface area contributed by atoms with Crippen molar-refractivity contribution in [3.63, 3.8) is 0 Å². The van der Waals surface area contributed by atoms with Gasteiger partial charge in [0.1, 0.15) is 0 Å². The lowest BCUT2D eigenvalue weighted by Crippen LogP contribution is -2.49. The lowest BCUT2D eigenvalue weighted by atomic mass is 11.6. The summed E-state index contributed by atoms with van der Waals surface area (Å²) < 4.78 is 9.63. The first-order valence-electron chi connectivity index (χ1n) is 1.95. The average molecular weight is 174 g/mol. The molecule has 0 atom stereocenters. The summed E-state index contributed by atoms with van der Waals surface area (Å²) in [5, 5.41) is 14.8. The van der Waals surface area contributed by atoms with Crippen LogP contribution in [0.2, 0.25) is 0 Å². The molecule has 0 radical (unpaired) electrons. The van der Waals surface area contributed by atoms with Crippen LogP contribution in [0.4, 0.5) is 0 Å². The van der Waals surface area contributed by atoms with E-state index in [2.05, 4.69) is 5.73 Å². The SMILES string of the molecule is O=[N+]([O-])[O-].[NH3+]CP(=O)(O)O. The zero-order valence-corrected chi connectivity index (χ0v) is 5.73. The molecule has 0 unspecified atom stereocenters. The fourth-order valence-corrected chi connectivity index (χ4v) is 0. The van der Waals surface area contributed by atoms with E-state index in [1.54, 1.807) is 0 Å². The molecule has 0 saturated heterocycles. The van der Waals surface area contributed by atoms with E-state index in [9.17, 15) is 4.57 Å². The lowest BCUT2D eigenvalue weighted by Gasteiger charge is -1.89. The summed E-state index contributed by atoms with van der Waals surface area (Å²) in [7, 11) is -3.76. The van der Waals surface area contributed by atoms with E-state index in [4.69, 9.17) is 25.1 Å². The second kappa shape index (κ2) is 5.12. The zero-order valence-electron chi connectivity index (χ0n) is 4.84. The first kappa shape index (κ1) is 12.0. The van der Waals surface area contributed by atoms with E-state index in [1.807, 2.05) is 0 Å². The highest BCUT2D eigenvalue weighted by Crippen LogP contribution is 2.29. The minimum Gasteiger partial charge on any atom is -0.356 e. The van der Waals surface area contributed by atoms with Gasteiger partial charge in [-0.2, -0.15) is 0 Å². The molecule has 9 heteroatoms. The van der Waals surface area contributed by atoms with Gasteiger partial charge >= 0.3 is 7.60 Å². The van der Waals surface area contributed by atoms with E-state index >= 15 is 0 Å². The van der Waals surface area contributed by atoms with Crippen molar-refractivity contribution in [2.75, 3.05) is 6.29 Å². The minimum absolute atomic E-state index is 0.312. The van der Waals surface area contributed by atoms with Crippen LogP contribution in [0.25, 0.3) is 0 Å². The van der Waals surface area contributed by atoms with Crippen LogP contribution in [0.1, 0.15) is 0 Å². The maximum Gasteiger partial charge on any atom is 0.379 e. The quantitative estimate of drug-likeness (QED) is 0.240. The molecule has 8 nitrogen and oxygen atoms in total. The van der Waals surface area contributed by atoms with Crippen molar-refractivity contribution in [2.45, 2.75) is 0 Å². The summed E-state index contributed by atoms with van der Waals surface area (Å²) in [6.45, 7) is 0. The van der Waals surface area contributed by atoms with Gasteiger partial charge in [0.2, 0.25) is 0 Å². The van der Waals surface area contributed by atoms with Crippen LogP contribution in [0.3, 0.4) is 0 Å². The second-order valence-electron chi connectivity index (χ2n) is 1.11. The molecule has 0 heterocycles. The van der Waals surface area contributed by atoms with Gasteiger partial charge in [-0.25, -0.2) is 0 Å². The number of hydrogen-bond donors (Lipinski definition) is 3. The zero-order chi connectivity index (χ0) is 8.78. The van der Waals surface area contributed by atoms with Crippen molar-refractivity contribution < 1.29 is 25.2 Å². The number of rotatable bonds is 1. The Hall–Kier alpha value is -0.690. The van der Waals surface area contributed by atoms with E-state index in [1.165, 1.54) is 0 Å². The molecule has 0 rings (SSSR count). The van der Waals surface area contributed by atoms with Gasteiger partial charge in [-0.3, -0.25) is 4.57 Å². The Morgan fingerprint density at radius 1 is 1.50 bits per heavy atom. The van der Waals surface area contributed by atoms with E-state index in [0.29, 0.717) is 0 Å². The first-order chi connectivity index (χ1) is 4.29. The van der Waals surface area contributed by atoms with Crippen molar-refractivity contribution in [3.8, 4) is 0 Å². The molecule has 0 aromatic heterocycles. The third-order valence-corrected chi connectivity index (χ3v) is 0.874. The number of nitrogens with zero attached hydrogens (tertiary/aromatic N) is 1. The van der Waals surface area contributed by atoms with E-state index in [-0.39, 0.29) is 6.29 Å². The van der Waals surface area contributed by atoms with E-state index < -0.39 is 12.7 Å². The molecule has 62 valence electrons. The van der Waals surface area contributed by atoms with Crippen molar-refractivity contribution in [1.82, 2.24) is 0 Å². The van der Waals surface area contributed by atoms with Gasteiger partial charge in [0.15, 0.2) is 6.29 Å². The maximum atomic E-state index is 9.63. The molecular formula is CH7N2O6P. The van der Waals surface area contributed by atoms with Crippen LogP contribution in [0, 0.1) is 15.3 Å². The predicted molar refractivity (Wildman–Crippen MR) is 30.2 cm³/mol. The number of quaternary nitrogens is 1. The topological polar surface area (TPSA) is 151 Å². The average Bonchev–Trinajstić information content (AvgIpc) is 1.63. The molecule has 0 aromatic carbocycles. The summed E-state index contributed by atoms with van der Waals surface area (Å²) in [6.07, 6.45) is -0.312. The standard InChI is InChI=1S/CH6NO3P.NO3/c2-1-6(3,4)5;2-1(3)4/h1-2H2,(H2,3,4,5);/q;-1/p+1.